The standard InChI is InChI=1S/C15H22F2N2O2/c1-10(2)21-7-5-4-6-19-15(20)11-8-12(16)14(18-3)13(17)9-11/h8-10,18H,4-7H2,1-3H3,(H,19,20). The molecule has 0 saturated heterocycles. The quantitative estimate of drug-likeness (QED) is 0.726. The fourth-order valence-electron chi connectivity index (χ4n) is 1.79. The average molecular weight is 300 g/mol. The summed E-state index contributed by atoms with van der Waals surface area (Å²) in [5.41, 5.74) is -0.264. The largest absolute Gasteiger partial charge is 0.383 e. The number of ether oxygens (including phenoxy) is 1. The molecule has 21 heavy (non-hydrogen) atoms. The van der Waals surface area contributed by atoms with Crippen molar-refractivity contribution in [1.82, 2.24) is 5.32 Å². The van der Waals surface area contributed by atoms with E-state index in [4.69, 9.17) is 4.74 Å². The van der Waals surface area contributed by atoms with Crippen LogP contribution in [0.3, 0.4) is 0 Å². The molecule has 1 rings (SSSR count). The summed E-state index contributed by atoms with van der Waals surface area (Å²) in [4.78, 5) is 11.8. The molecule has 118 valence electrons. The van der Waals surface area contributed by atoms with E-state index >= 15 is 0 Å². The minimum atomic E-state index is -0.784. The van der Waals surface area contributed by atoms with E-state index in [-0.39, 0.29) is 17.4 Å². The second kappa shape index (κ2) is 8.56. The zero-order valence-electron chi connectivity index (χ0n) is 12.6. The van der Waals surface area contributed by atoms with Gasteiger partial charge < -0.3 is 15.4 Å². The van der Waals surface area contributed by atoms with Crippen LogP contribution in [0.2, 0.25) is 0 Å². The molecule has 0 unspecified atom stereocenters. The predicted octanol–water partition coefficient (Wildman–Crippen LogP) is 2.94. The Kier molecular flexibility index (Phi) is 7.08. The molecule has 0 aromatic heterocycles. The van der Waals surface area contributed by atoms with Gasteiger partial charge in [0.1, 0.15) is 17.3 Å². The van der Waals surface area contributed by atoms with Crippen LogP contribution in [0.25, 0.3) is 0 Å². The van der Waals surface area contributed by atoms with Crippen molar-refractivity contribution in [2.45, 2.75) is 32.8 Å². The Morgan fingerprint density at radius 2 is 1.86 bits per heavy atom. The summed E-state index contributed by atoms with van der Waals surface area (Å²) in [6.45, 7) is 4.99. The van der Waals surface area contributed by atoms with Crippen molar-refractivity contribution in [2.24, 2.45) is 0 Å². The van der Waals surface area contributed by atoms with Crippen molar-refractivity contribution in [2.75, 3.05) is 25.5 Å². The van der Waals surface area contributed by atoms with E-state index in [9.17, 15) is 13.6 Å². The third kappa shape index (κ3) is 5.67. The number of nitrogens with one attached hydrogen (secondary N) is 2. The molecule has 2 N–H and O–H groups in total. The van der Waals surface area contributed by atoms with Crippen molar-refractivity contribution < 1.29 is 18.3 Å². The fourth-order valence-corrected chi connectivity index (χ4v) is 1.79. The van der Waals surface area contributed by atoms with E-state index in [1.54, 1.807) is 0 Å². The van der Waals surface area contributed by atoms with Crippen molar-refractivity contribution in [3.63, 3.8) is 0 Å². The average Bonchev–Trinajstić information content (AvgIpc) is 2.41. The number of hydrogen-bond acceptors (Lipinski definition) is 3. The summed E-state index contributed by atoms with van der Waals surface area (Å²) in [7, 11) is 1.42. The lowest BCUT2D eigenvalue weighted by Crippen LogP contribution is -2.25. The lowest BCUT2D eigenvalue weighted by molar-refractivity contribution is 0.0754. The number of unbranched alkanes of at least 4 members (excludes halogenated alkanes) is 1. The predicted molar refractivity (Wildman–Crippen MR) is 78.6 cm³/mol. The molecular formula is C15H22F2N2O2. The van der Waals surface area contributed by atoms with Gasteiger partial charge in [0, 0.05) is 25.8 Å². The maximum absolute atomic E-state index is 13.5. The van der Waals surface area contributed by atoms with Gasteiger partial charge in [-0.2, -0.15) is 0 Å². The first-order valence-corrected chi connectivity index (χ1v) is 7.02. The summed E-state index contributed by atoms with van der Waals surface area (Å²) in [5, 5.41) is 5.04. The summed E-state index contributed by atoms with van der Waals surface area (Å²) in [6, 6.07) is 2.04. The Labute approximate surface area is 123 Å². The highest BCUT2D eigenvalue weighted by atomic mass is 19.1. The third-order valence-corrected chi connectivity index (χ3v) is 2.86. The Morgan fingerprint density at radius 3 is 2.38 bits per heavy atom. The second-order valence-electron chi connectivity index (χ2n) is 4.95. The van der Waals surface area contributed by atoms with Crippen LogP contribution < -0.4 is 10.6 Å². The van der Waals surface area contributed by atoms with E-state index in [2.05, 4.69) is 10.6 Å². The summed E-state index contributed by atoms with van der Waals surface area (Å²) in [6.07, 6.45) is 1.76. The smallest absolute Gasteiger partial charge is 0.251 e. The first-order chi connectivity index (χ1) is 9.95. The molecule has 0 atom stereocenters. The number of rotatable bonds is 8. The van der Waals surface area contributed by atoms with Crippen LogP contribution in [0.15, 0.2) is 12.1 Å². The summed E-state index contributed by atoms with van der Waals surface area (Å²) in [5.74, 6) is -2.05. The Hall–Kier alpha value is -1.69. The van der Waals surface area contributed by atoms with Gasteiger partial charge in [-0.05, 0) is 38.8 Å². The summed E-state index contributed by atoms with van der Waals surface area (Å²) < 4.78 is 32.4. The maximum atomic E-state index is 13.5. The minimum Gasteiger partial charge on any atom is -0.383 e. The van der Waals surface area contributed by atoms with Crippen LogP contribution in [0, 0.1) is 11.6 Å². The number of carbonyl (C=O) groups excluding carboxylic acids is 1. The van der Waals surface area contributed by atoms with Crippen molar-refractivity contribution in [3.8, 4) is 0 Å². The third-order valence-electron chi connectivity index (χ3n) is 2.86. The van der Waals surface area contributed by atoms with Gasteiger partial charge in [0.2, 0.25) is 0 Å². The van der Waals surface area contributed by atoms with Gasteiger partial charge >= 0.3 is 0 Å². The van der Waals surface area contributed by atoms with Crippen molar-refractivity contribution >= 4 is 11.6 Å². The number of halogens is 2. The second-order valence-corrected chi connectivity index (χ2v) is 4.95. The van der Waals surface area contributed by atoms with Crippen LogP contribution in [-0.2, 0) is 4.74 Å². The van der Waals surface area contributed by atoms with Crippen LogP contribution in [-0.4, -0.2) is 32.2 Å². The number of anilines is 1. The van der Waals surface area contributed by atoms with Gasteiger partial charge in [0.05, 0.1) is 6.10 Å². The van der Waals surface area contributed by atoms with Gasteiger partial charge in [0.25, 0.3) is 5.91 Å². The normalized spacial score (nSPS) is 10.8. The lowest BCUT2D eigenvalue weighted by Gasteiger charge is -2.09. The lowest BCUT2D eigenvalue weighted by atomic mass is 10.1. The highest BCUT2D eigenvalue weighted by Gasteiger charge is 2.13. The van der Waals surface area contributed by atoms with Crippen LogP contribution in [0.4, 0.5) is 14.5 Å². The Balaban J connectivity index is 2.42. The van der Waals surface area contributed by atoms with Gasteiger partial charge in [-0.25, -0.2) is 8.78 Å². The van der Waals surface area contributed by atoms with Gasteiger partial charge in [-0.1, -0.05) is 0 Å². The molecule has 4 nitrogen and oxygen atoms in total. The Bertz CT molecular complexity index is 456. The molecule has 0 saturated carbocycles. The molecule has 0 aliphatic carbocycles. The molecule has 0 heterocycles. The number of amides is 1. The molecule has 0 radical (unpaired) electrons. The summed E-state index contributed by atoms with van der Waals surface area (Å²) >= 11 is 0. The maximum Gasteiger partial charge on any atom is 0.251 e. The SMILES string of the molecule is CNc1c(F)cc(C(=O)NCCCCOC(C)C)cc1F. The zero-order valence-corrected chi connectivity index (χ0v) is 12.6. The molecule has 0 bridgehead atoms. The molecule has 1 amide bonds. The first-order valence-electron chi connectivity index (χ1n) is 7.02. The van der Waals surface area contributed by atoms with E-state index in [1.165, 1.54) is 7.05 Å². The van der Waals surface area contributed by atoms with E-state index in [0.717, 1.165) is 25.0 Å². The van der Waals surface area contributed by atoms with Gasteiger partial charge in [0.15, 0.2) is 0 Å². The van der Waals surface area contributed by atoms with E-state index < -0.39 is 17.5 Å². The fraction of sp³-hybridized carbons (Fsp3) is 0.533. The molecule has 0 fully saturated rings. The van der Waals surface area contributed by atoms with Crippen LogP contribution >= 0.6 is 0 Å². The number of hydrogen-bond donors (Lipinski definition) is 2. The highest BCUT2D eigenvalue weighted by Crippen LogP contribution is 2.20. The van der Waals surface area contributed by atoms with Crippen LogP contribution in [0.1, 0.15) is 37.0 Å². The number of carbonyl (C=O) groups is 1. The zero-order chi connectivity index (χ0) is 15.8. The van der Waals surface area contributed by atoms with Crippen molar-refractivity contribution in [3.05, 3.63) is 29.3 Å². The van der Waals surface area contributed by atoms with E-state index in [1.807, 2.05) is 13.8 Å². The van der Waals surface area contributed by atoms with Crippen molar-refractivity contribution in [1.29, 1.82) is 0 Å². The number of benzene rings is 1. The van der Waals surface area contributed by atoms with Gasteiger partial charge in [-0.15, -0.1) is 0 Å². The van der Waals surface area contributed by atoms with Gasteiger partial charge in [-0.3, -0.25) is 4.79 Å². The Morgan fingerprint density at radius 1 is 1.24 bits per heavy atom. The van der Waals surface area contributed by atoms with E-state index in [0.29, 0.717) is 13.2 Å². The topological polar surface area (TPSA) is 50.4 Å². The molecule has 0 aliphatic rings. The molecule has 6 heteroatoms. The first kappa shape index (κ1) is 17.4. The molecule has 1 aromatic carbocycles. The highest BCUT2D eigenvalue weighted by molar-refractivity contribution is 5.94. The molecule has 1 aromatic rings. The molecular weight excluding hydrogens is 278 g/mol. The van der Waals surface area contributed by atoms with Crippen LogP contribution in [0.5, 0.6) is 0 Å². The molecule has 0 aliphatic heterocycles. The molecule has 0 spiro atoms. The minimum absolute atomic E-state index is 0.0255. The monoisotopic (exact) mass is 300 g/mol.